The van der Waals surface area contributed by atoms with Gasteiger partial charge in [0.05, 0.1) is 22.3 Å². The third-order valence-electron chi connectivity index (χ3n) is 2.19. The maximum atomic E-state index is 11.3. The summed E-state index contributed by atoms with van der Waals surface area (Å²) in [5.41, 5.74) is 1.24. The second kappa shape index (κ2) is 4.81. The average molecular weight is 246 g/mol. The van der Waals surface area contributed by atoms with Gasteiger partial charge in [-0.05, 0) is 12.1 Å². The molecule has 0 unspecified atom stereocenters. The van der Waals surface area contributed by atoms with E-state index in [0.717, 1.165) is 5.39 Å². The molecule has 1 heterocycles. The Hall–Kier alpha value is -2.12. The molecule has 17 heavy (non-hydrogen) atoms. The lowest BCUT2D eigenvalue weighted by molar-refractivity contribution is -0.115. The summed E-state index contributed by atoms with van der Waals surface area (Å²) in [6, 6.07) is 8.94. The molecule has 0 aliphatic carbocycles. The molecule has 0 atom stereocenters. The Morgan fingerprint density at radius 2 is 2.35 bits per heavy atom. The number of benzene rings is 1. The van der Waals surface area contributed by atoms with Crippen LogP contribution in [0.1, 0.15) is 6.42 Å². The molecule has 1 N–H and O–H groups in total. The van der Waals surface area contributed by atoms with Gasteiger partial charge in [0.15, 0.2) is 0 Å². The first kappa shape index (κ1) is 11.4. The number of nitrogens with zero attached hydrogens (tertiary/aromatic N) is 2. The molecule has 0 fully saturated rings. The Bertz CT molecular complexity index is 619. The number of nitriles is 1. The number of fused-ring (bicyclic) bond motifs is 1. The summed E-state index contributed by atoms with van der Waals surface area (Å²) in [6.07, 6.45) is 1.34. The van der Waals surface area contributed by atoms with E-state index in [9.17, 15) is 4.79 Å². The van der Waals surface area contributed by atoms with E-state index in [-0.39, 0.29) is 12.3 Å². The number of pyridine rings is 1. The van der Waals surface area contributed by atoms with Crippen LogP contribution in [-0.2, 0) is 4.79 Å². The summed E-state index contributed by atoms with van der Waals surface area (Å²) in [7, 11) is 0. The molecule has 1 amide bonds. The van der Waals surface area contributed by atoms with Crippen LogP contribution in [0.2, 0.25) is 5.02 Å². The summed E-state index contributed by atoms with van der Waals surface area (Å²) >= 11 is 5.83. The third kappa shape index (κ3) is 2.52. The Morgan fingerprint density at radius 3 is 3.12 bits per heavy atom. The molecule has 0 spiro atoms. The van der Waals surface area contributed by atoms with Crippen LogP contribution in [0, 0.1) is 11.3 Å². The number of aromatic nitrogens is 1. The Balaban J connectivity index is 2.41. The minimum Gasteiger partial charge on any atom is -0.323 e. The lowest BCUT2D eigenvalue weighted by Crippen LogP contribution is -2.10. The van der Waals surface area contributed by atoms with Crippen molar-refractivity contribution < 1.29 is 4.79 Å². The van der Waals surface area contributed by atoms with E-state index < -0.39 is 0 Å². The van der Waals surface area contributed by atoms with Crippen LogP contribution in [0.15, 0.2) is 30.5 Å². The number of nitrogens with one attached hydrogen (secondary N) is 1. The molecule has 0 bridgehead atoms. The first-order chi connectivity index (χ1) is 8.20. The minimum absolute atomic E-state index is 0.177. The maximum absolute atomic E-state index is 11.3. The number of carbonyl (C=O) groups is 1. The molecule has 2 aromatic rings. The third-order valence-corrected chi connectivity index (χ3v) is 2.40. The molecular weight excluding hydrogens is 238 g/mol. The number of anilines is 1. The van der Waals surface area contributed by atoms with Gasteiger partial charge in [0.2, 0.25) is 5.91 Å². The second-order valence-electron chi connectivity index (χ2n) is 3.41. The molecule has 0 aliphatic heterocycles. The van der Waals surface area contributed by atoms with Crippen LogP contribution >= 0.6 is 11.6 Å². The van der Waals surface area contributed by atoms with E-state index in [1.54, 1.807) is 24.3 Å². The summed E-state index contributed by atoms with van der Waals surface area (Å²) < 4.78 is 0. The summed E-state index contributed by atoms with van der Waals surface area (Å²) in [6.45, 7) is 0. The fourth-order valence-electron chi connectivity index (χ4n) is 1.50. The number of hydrogen-bond donors (Lipinski definition) is 1. The summed E-state index contributed by atoms with van der Waals surface area (Å²) in [5.74, 6) is -0.350. The lowest BCUT2D eigenvalue weighted by atomic mass is 10.2. The Kier molecular flexibility index (Phi) is 3.22. The number of hydrogen-bond acceptors (Lipinski definition) is 3. The highest BCUT2D eigenvalue weighted by Crippen LogP contribution is 2.23. The van der Waals surface area contributed by atoms with Crippen molar-refractivity contribution in [1.29, 1.82) is 5.26 Å². The predicted octanol–water partition coefficient (Wildman–Crippen LogP) is 2.74. The standard InChI is InChI=1S/C12H8ClN3O/c13-9-6-8-2-1-3-10(12(8)15-7-9)16-11(17)4-5-14/h1-3,6-7H,4H2,(H,16,17). The largest absolute Gasteiger partial charge is 0.323 e. The number of halogens is 1. The number of para-hydroxylation sites is 1. The van der Waals surface area contributed by atoms with Gasteiger partial charge in [0.1, 0.15) is 6.42 Å². The molecule has 5 heteroatoms. The van der Waals surface area contributed by atoms with Crippen LogP contribution in [-0.4, -0.2) is 10.9 Å². The van der Waals surface area contributed by atoms with Crippen LogP contribution in [0.5, 0.6) is 0 Å². The van der Waals surface area contributed by atoms with Gasteiger partial charge in [-0.15, -0.1) is 0 Å². The predicted molar refractivity (Wildman–Crippen MR) is 65.6 cm³/mol. The minimum atomic E-state index is -0.350. The molecule has 0 saturated carbocycles. The van der Waals surface area contributed by atoms with E-state index in [4.69, 9.17) is 16.9 Å². The zero-order chi connectivity index (χ0) is 12.3. The molecule has 0 aliphatic rings. The van der Waals surface area contributed by atoms with Crippen molar-refractivity contribution in [3.8, 4) is 6.07 Å². The average Bonchev–Trinajstić information content (AvgIpc) is 2.29. The molecule has 2 rings (SSSR count). The topological polar surface area (TPSA) is 65.8 Å². The van der Waals surface area contributed by atoms with Crippen LogP contribution < -0.4 is 5.32 Å². The SMILES string of the molecule is N#CCC(=O)Nc1cccc2cc(Cl)cnc12. The van der Waals surface area contributed by atoms with Crippen LogP contribution in [0.4, 0.5) is 5.69 Å². The highest BCUT2D eigenvalue weighted by Gasteiger charge is 2.06. The van der Waals surface area contributed by atoms with Crippen molar-refractivity contribution >= 4 is 34.1 Å². The van der Waals surface area contributed by atoms with E-state index >= 15 is 0 Å². The first-order valence-electron chi connectivity index (χ1n) is 4.92. The summed E-state index contributed by atoms with van der Waals surface area (Å²) in [4.78, 5) is 15.5. The molecule has 0 radical (unpaired) electrons. The zero-order valence-corrected chi connectivity index (χ0v) is 9.53. The van der Waals surface area contributed by atoms with Gasteiger partial charge in [0, 0.05) is 11.6 Å². The second-order valence-corrected chi connectivity index (χ2v) is 3.85. The molecule has 1 aromatic carbocycles. The van der Waals surface area contributed by atoms with Crippen molar-refractivity contribution in [3.63, 3.8) is 0 Å². The molecule has 0 saturated heterocycles. The Morgan fingerprint density at radius 1 is 1.53 bits per heavy atom. The zero-order valence-electron chi connectivity index (χ0n) is 8.77. The van der Waals surface area contributed by atoms with Gasteiger partial charge in [0.25, 0.3) is 0 Å². The molecular formula is C12H8ClN3O. The number of amides is 1. The number of rotatable bonds is 2. The normalized spacial score (nSPS) is 9.88. The van der Waals surface area contributed by atoms with Crippen LogP contribution in [0.25, 0.3) is 10.9 Å². The smallest absolute Gasteiger partial charge is 0.238 e. The van der Waals surface area contributed by atoms with E-state index in [2.05, 4.69) is 10.3 Å². The number of carbonyl (C=O) groups excluding carboxylic acids is 1. The highest BCUT2D eigenvalue weighted by molar-refractivity contribution is 6.31. The van der Waals surface area contributed by atoms with Crippen LogP contribution in [0.3, 0.4) is 0 Å². The van der Waals surface area contributed by atoms with Gasteiger partial charge in [-0.25, -0.2) is 0 Å². The van der Waals surface area contributed by atoms with Crippen molar-refractivity contribution in [2.24, 2.45) is 0 Å². The van der Waals surface area contributed by atoms with E-state index in [1.165, 1.54) is 6.20 Å². The van der Waals surface area contributed by atoms with Gasteiger partial charge >= 0.3 is 0 Å². The quantitative estimate of drug-likeness (QED) is 0.885. The lowest BCUT2D eigenvalue weighted by Gasteiger charge is -2.06. The first-order valence-corrected chi connectivity index (χ1v) is 5.29. The molecule has 84 valence electrons. The fraction of sp³-hybridized carbons (Fsp3) is 0.0833. The molecule has 4 nitrogen and oxygen atoms in total. The fourth-order valence-corrected chi connectivity index (χ4v) is 1.67. The van der Waals surface area contributed by atoms with Gasteiger partial charge in [-0.2, -0.15) is 5.26 Å². The summed E-state index contributed by atoms with van der Waals surface area (Å²) in [5, 5.41) is 12.4. The van der Waals surface area contributed by atoms with E-state index in [0.29, 0.717) is 16.2 Å². The monoisotopic (exact) mass is 245 g/mol. The van der Waals surface area contributed by atoms with Crippen molar-refractivity contribution in [1.82, 2.24) is 4.98 Å². The highest BCUT2D eigenvalue weighted by atomic mass is 35.5. The van der Waals surface area contributed by atoms with Crippen molar-refractivity contribution in [3.05, 3.63) is 35.5 Å². The van der Waals surface area contributed by atoms with E-state index in [1.807, 2.05) is 6.07 Å². The van der Waals surface area contributed by atoms with Gasteiger partial charge in [-0.1, -0.05) is 23.7 Å². The van der Waals surface area contributed by atoms with Gasteiger partial charge in [-0.3, -0.25) is 9.78 Å². The molecule has 1 aromatic heterocycles. The van der Waals surface area contributed by atoms with Gasteiger partial charge < -0.3 is 5.32 Å². The maximum Gasteiger partial charge on any atom is 0.238 e. The Labute approximate surface area is 103 Å². The van der Waals surface area contributed by atoms with Crippen molar-refractivity contribution in [2.75, 3.05) is 5.32 Å². The van der Waals surface area contributed by atoms with Crippen molar-refractivity contribution in [2.45, 2.75) is 6.42 Å².